The Kier molecular flexibility index (Phi) is 7.66. The second-order valence-corrected chi connectivity index (χ2v) is 7.85. The number of carbonyl (C=O) groups is 1. The van der Waals surface area contributed by atoms with Crippen molar-refractivity contribution in [1.82, 2.24) is 0 Å². The van der Waals surface area contributed by atoms with Crippen LogP contribution >= 0.6 is 34.8 Å². The summed E-state index contributed by atoms with van der Waals surface area (Å²) >= 11 is 18.4. The van der Waals surface area contributed by atoms with Crippen molar-refractivity contribution in [2.24, 2.45) is 0 Å². The number of halogens is 3. The molecule has 0 aliphatic carbocycles. The first-order valence-corrected chi connectivity index (χ1v) is 10.4. The lowest BCUT2D eigenvalue weighted by atomic mass is 10.0. The van der Waals surface area contributed by atoms with Crippen molar-refractivity contribution in [3.63, 3.8) is 0 Å². The normalized spacial score (nSPS) is 11.0. The van der Waals surface area contributed by atoms with Gasteiger partial charge in [-0.1, -0.05) is 53.0 Å². The van der Waals surface area contributed by atoms with E-state index in [1.807, 2.05) is 0 Å². The highest BCUT2D eigenvalue weighted by atomic mass is 35.5. The molecular formula is C24H16Cl3NO4. The van der Waals surface area contributed by atoms with Crippen molar-refractivity contribution in [2.75, 3.05) is 7.11 Å². The lowest BCUT2D eigenvalue weighted by Crippen LogP contribution is -1.99. The van der Waals surface area contributed by atoms with E-state index in [1.165, 1.54) is 19.2 Å². The van der Waals surface area contributed by atoms with Crippen molar-refractivity contribution < 1.29 is 19.4 Å². The van der Waals surface area contributed by atoms with Crippen LogP contribution in [0, 0.1) is 11.3 Å². The molecule has 0 aliphatic heterocycles. The predicted octanol–water partition coefficient (Wildman–Crippen LogP) is 7.00. The summed E-state index contributed by atoms with van der Waals surface area (Å²) in [6.07, 6.45) is 1.63. The van der Waals surface area contributed by atoms with Crippen LogP contribution in [-0.2, 0) is 6.61 Å². The number of carboxylic acid groups (broad SMARTS) is 1. The van der Waals surface area contributed by atoms with Gasteiger partial charge in [0, 0.05) is 0 Å². The van der Waals surface area contributed by atoms with E-state index >= 15 is 0 Å². The Balaban J connectivity index is 1.88. The zero-order chi connectivity index (χ0) is 23.3. The van der Waals surface area contributed by atoms with Crippen LogP contribution in [0.15, 0.2) is 54.6 Å². The zero-order valence-corrected chi connectivity index (χ0v) is 19.0. The van der Waals surface area contributed by atoms with E-state index in [0.29, 0.717) is 43.3 Å². The fourth-order valence-corrected chi connectivity index (χ4v) is 3.48. The van der Waals surface area contributed by atoms with Gasteiger partial charge in [-0.05, 0) is 59.2 Å². The number of hydrogen-bond donors (Lipinski definition) is 1. The largest absolute Gasteiger partial charge is 0.493 e. The summed E-state index contributed by atoms with van der Waals surface area (Å²) in [5.74, 6) is -0.295. The summed E-state index contributed by atoms with van der Waals surface area (Å²) in [5, 5.41) is 19.8. The lowest BCUT2D eigenvalue weighted by Gasteiger charge is -2.14. The van der Waals surface area contributed by atoms with Crippen molar-refractivity contribution >= 4 is 52.4 Å². The van der Waals surface area contributed by atoms with Crippen molar-refractivity contribution in [2.45, 2.75) is 6.61 Å². The van der Waals surface area contributed by atoms with Crippen LogP contribution in [0.5, 0.6) is 11.5 Å². The Morgan fingerprint density at radius 2 is 1.69 bits per heavy atom. The number of allylic oxidation sites excluding steroid dienone is 1. The topological polar surface area (TPSA) is 79.5 Å². The molecule has 5 nitrogen and oxygen atoms in total. The summed E-state index contributed by atoms with van der Waals surface area (Å²) in [7, 11) is 1.49. The van der Waals surface area contributed by atoms with E-state index in [-0.39, 0.29) is 12.2 Å². The molecule has 0 fully saturated rings. The van der Waals surface area contributed by atoms with Gasteiger partial charge in [-0.15, -0.1) is 0 Å². The third-order valence-electron chi connectivity index (χ3n) is 4.49. The highest BCUT2D eigenvalue weighted by Gasteiger charge is 2.13. The molecule has 0 saturated carbocycles. The van der Waals surface area contributed by atoms with Gasteiger partial charge in [-0.3, -0.25) is 0 Å². The highest BCUT2D eigenvalue weighted by Crippen LogP contribution is 2.38. The molecule has 0 saturated heterocycles. The molecule has 3 rings (SSSR count). The van der Waals surface area contributed by atoms with Crippen molar-refractivity contribution in [3.8, 4) is 17.6 Å². The Morgan fingerprint density at radius 1 is 1.00 bits per heavy atom. The molecule has 0 heterocycles. The summed E-state index contributed by atoms with van der Waals surface area (Å²) in [6, 6.07) is 16.7. The molecule has 3 aromatic carbocycles. The molecule has 1 N–H and O–H groups in total. The molecule has 0 bridgehead atoms. The zero-order valence-electron chi connectivity index (χ0n) is 16.7. The first-order valence-electron chi connectivity index (χ1n) is 9.22. The number of rotatable bonds is 7. The van der Waals surface area contributed by atoms with Crippen molar-refractivity contribution in [3.05, 3.63) is 91.9 Å². The fraction of sp³-hybridized carbons (Fsp3) is 0.0833. The molecule has 32 heavy (non-hydrogen) atoms. The minimum absolute atomic E-state index is 0.138. The predicted molar refractivity (Wildman–Crippen MR) is 126 cm³/mol. The summed E-state index contributed by atoms with van der Waals surface area (Å²) in [6.45, 7) is 0.196. The third-order valence-corrected chi connectivity index (χ3v) is 5.51. The van der Waals surface area contributed by atoms with E-state index in [1.54, 1.807) is 48.5 Å². The van der Waals surface area contributed by atoms with Gasteiger partial charge < -0.3 is 14.6 Å². The van der Waals surface area contributed by atoms with Crippen molar-refractivity contribution in [1.29, 1.82) is 5.26 Å². The van der Waals surface area contributed by atoms with Gasteiger partial charge in [0.05, 0.1) is 39.4 Å². The number of benzene rings is 3. The Bertz CT molecular complexity index is 1230. The average Bonchev–Trinajstić information content (AvgIpc) is 2.78. The number of nitrogens with zero attached hydrogens (tertiary/aromatic N) is 1. The van der Waals surface area contributed by atoms with Gasteiger partial charge in [0.15, 0.2) is 11.5 Å². The number of aromatic carboxylic acids is 1. The van der Waals surface area contributed by atoms with Crippen LogP contribution in [0.3, 0.4) is 0 Å². The van der Waals surface area contributed by atoms with Gasteiger partial charge in [0.2, 0.25) is 0 Å². The molecule has 0 atom stereocenters. The summed E-state index contributed by atoms with van der Waals surface area (Å²) in [4.78, 5) is 11.0. The van der Waals surface area contributed by atoms with E-state index in [4.69, 9.17) is 49.4 Å². The fourth-order valence-electron chi connectivity index (χ4n) is 2.89. The molecule has 8 heteroatoms. The average molecular weight is 489 g/mol. The maximum absolute atomic E-state index is 11.0. The van der Waals surface area contributed by atoms with Crippen LogP contribution < -0.4 is 9.47 Å². The van der Waals surface area contributed by atoms with Crippen LogP contribution in [0.2, 0.25) is 15.1 Å². The van der Waals surface area contributed by atoms with Crippen LogP contribution in [-0.4, -0.2) is 18.2 Å². The van der Waals surface area contributed by atoms with E-state index in [9.17, 15) is 10.1 Å². The molecule has 0 unspecified atom stereocenters. The highest BCUT2D eigenvalue weighted by molar-refractivity contribution is 6.42. The molecule has 162 valence electrons. The number of methoxy groups -OCH3 is 1. The molecule has 0 spiro atoms. The van der Waals surface area contributed by atoms with Gasteiger partial charge in [0.25, 0.3) is 0 Å². The van der Waals surface area contributed by atoms with Gasteiger partial charge in [0.1, 0.15) is 6.61 Å². The molecule has 0 aromatic heterocycles. The molecule has 0 amide bonds. The molecule has 0 radical (unpaired) electrons. The standard InChI is InChI=1S/C24H16Cl3NO4/c1-31-22-11-15(8-18(12-28)16-3-5-17(6-4-16)24(29)30)10-21(27)23(22)32-13-14-2-7-19(25)20(26)9-14/h2-11H,13H2,1H3,(H,29,30)/b18-8-. The number of ether oxygens (including phenoxy) is 2. The molecular weight excluding hydrogens is 473 g/mol. The van der Waals surface area contributed by atoms with Gasteiger partial charge in [-0.25, -0.2) is 4.79 Å². The first kappa shape index (κ1) is 23.5. The number of carboxylic acids is 1. The Labute approximate surface area is 200 Å². The summed E-state index contributed by atoms with van der Waals surface area (Å²) < 4.78 is 11.3. The lowest BCUT2D eigenvalue weighted by molar-refractivity contribution is 0.0697. The minimum Gasteiger partial charge on any atom is -0.493 e. The maximum atomic E-state index is 11.0. The van der Waals surface area contributed by atoms with Crippen LogP contribution in [0.4, 0.5) is 0 Å². The number of hydrogen-bond acceptors (Lipinski definition) is 4. The smallest absolute Gasteiger partial charge is 0.335 e. The third kappa shape index (κ3) is 5.54. The quantitative estimate of drug-likeness (QED) is 0.286. The first-order chi connectivity index (χ1) is 15.3. The molecule has 0 aliphatic rings. The van der Waals surface area contributed by atoms with Gasteiger partial charge >= 0.3 is 5.97 Å². The monoisotopic (exact) mass is 487 g/mol. The summed E-state index contributed by atoms with van der Waals surface area (Å²) in [5.41, 5.74) is 2.47. The Hall–Kier alpha value is -3.17. The Morgan fingerprint density at radius 3 is 2.28 bits per heavy atom. The second kappa shape index (κ2) is 10.4. The van der Waals surface area contributed by atoms with E-state index < -0.39 is 5.97 Å². The second-order valence-electron chi connectivity index (χ2n) is 6.62. The minimum atomic E-state index is -1.04. The van der Waals surface area contributed by atoms with E-state index in [2.05, 4.69) is 6.07 Å². The van der Waals surface area contributed by atoms with Crippen LogP contribution in [0.1, 0.15) is 27.0 Å². The number of nitriles is 1. The SMILES string of the molecule is COc1cc(/C=C(/C#N)c2ccc(C(=O)O)cc2)cc(Cl)c1OCc1ccc(Cl)c(Cl)c1. The van der Waals surface area contributed by atoms with Gasteiger partial charge in [-0.2, -0.15) is 5.26 Å². The molecule has 3 aromatic rings. The maximum Gasteiger partial charge on any atom is 0.335 e. The van der Waals surface area contributed by atoms with Crippen LogP contribution in [0.25, 0.3) is 11.6 Å². The van der Waals surface area contributed by atoms with E-state index in [0.717, 1.165) is 5.56 Å².